The molecule has 1 aliphatic heterocycles. The lowest BCUT2D eigenvalue weighted by Crippen LogP contribution is -2.34. The topological polar surface area (TPSA) is 53.0 Å². The molecule has 0 radical (unpaired) electrons. The lowest BCUT2D eigenvalue weighted by atomic mass is 10.0. The summed E-state index contributed by atoms with van der Waals surface area (Å²) in [6.45, 7) is 26.5. The highest BCUT2D eigenvalue weighted by atomic mass is 16.6. The normalized spacial score (nSPS) is 17.2. The Bertz CT molecular complexity index is 525. The fourth-order valence-corrected chi connectivity index (χ4v) is 2.85. The second kappa shape index (κ2) is 19.6. The van der Waals surface area contributed by atoms with Gasteiger partial charge in [-0.1, -0.05) is 62.6 Å². The Morgan fingerprint density at radius 3 is 1.50 bits per heavy atom. The fraction of sp³-hybridized carbons (Fsp3) is 0.793. The van der Waals surface area contributed by atoms with Crippen LogP contribution in [-0.2, 0) is 4.74 Å². The molecule has 0 aromatic carbocycles. The van der Waals surface area contributed by atoms with Gasteiger partial charge in [-0.15, -0.1) is 0 Å². The molecule has 192 valence electrons. The van der Waals surface area contributed by atoms with Crippen molar-refractivity contribution in [1.82, 2.24) is 0 Å². The largest absolute Gasteiger partial charge is 0.390 e. The van der Waals surface area contributed by atoms with Crippen LogP contribution in [0.25, 0.3) is 0 Å². The van der Waals surface area contributed by atoms with Crippen LogP contribution in [0.15, 0.2) is 34.9 Å². The first-order valence-corrected chi connectivity index (χ1v) is 12.6. The van der Waals surface area contributed by atoms with E-state index in [0.29, 0.717) is 12.5 Å². The monoisotopic (exact) mass is 454 g/mol. The zero-order chi connectivity index (χ0) is 26.0. The average molecular weight is 455 g/mol. The van der Waals surface area contributed by atoms with E-state index in [9.17, 15) is 0 Å². The number of ether oxygens (including phenoxy) is 1. The summed E-state index contributed by atoms with van der Waals surface area (Å²) in [6, 6.07) is 0. The molecule has 1 heterocycles. The number of hydrogen-bond donors (Lipinski definition) is 2. The van der Waals surface area contributed by atoms with E-state index >= 15 is 0 Å². The second-order valence-corrected chi connectivity index (χ2v) is 10.2. The maximum absolute atomic E-state index is 9.04. The Labute approximate surface area is 202 Å². The lowest BCUT2D eigenvalue weighted by molar-refractivity contribution is -0.0488. The highest BCUT2D eigenvalue weighted by molar-refractivity contribution is 5.01. The molecule has 0 aliphatic carbocycles. The SMILES string of the molecule is CC/C=C(\C)CCC=C(C)C.CCC(O)C(C)(C)O.CCC1OC1(C)C.CCC=C(C)C. The van der Waals surface area contributed by atoms with Gasteiger partial charge in [0.15, 0.2) is 0 Å². The molecule has 0 saturated carbocycles. The Hall–Kier alpha value is -0.900. The van der Waals surface area contributed by atoms with E-state index in [1.165, 1.54) is 42.4 Å². The third kappa shape index (κ3) is 25.4. The first-order valence-electron chi connectivity index (χ1n) is 12.6. The van der Waals surface area contributed by atoms with E-state index < -0.39 is 11.7 Å². The Kier molecular flexibility index (Phi) is 21.8. The van der Waals surface area contributed by atoms with Gasteiger partial charge < -0.3 is 14.9 Å². The number of allylic oxidation sites excluding steroid dienone is 6. The van der Waals surface area contributed by atoms with Gasteiger partial charge in [-0.3, -0.25) is 0 Å². The quantitative estimate of drug-likeness (QED) is 0.285. The number of aliphatic hydroxyl groups is 2. The molecule has 1 fully saturated rings. The van der Waals surface area contributed by atoms with Gasteiger partial charge in [-0.25, -0.2) is 0 Å². The smallest absolute Gasteiger partial charge is 0.0892 e. The van der Waals surface area contributed by atoms with E-state index in [-0.39, 0.29) is 5.60 Å². The van der Waals surface area contributed by atoms with Gasteiger partial charge in [0.25, 0.3) is 0 Å². The van der Waals surface area contributed by atoms with Gasteiger partial charge in [0.1, 0.15) is 0 Å². The third-order valence-corrected chi connectivity index (χ3v) is 4.99. The molecule has 0 aromatic rings. The van der Waals surface area contributed by atoms with Crippen LogP contribution in [0.4, 0.5) is 0 Å². The van der Waals surface area contributed by atoms with Gasteiger partial charge in [0.2, 0.25) is 0 Å². The van der Waals surface area contributed by atoms with Crippen LogP contribution in [0.1, 0.15) is 129 Å². The molecule has 1 rings (SSSR count). The molecule has 2 N–H and O–H groups in total. The second-order valence-electron chi connectivity index (χ2n) is 10.2. The predicted octanol–water partition coefficient (Wildman–Crippen LogP) is 8.55. The number of rotatable bonds is 8. The molecule has 1 saturated heterocycles. The van der Waals surface area contributed by atoms with Crippen LogP contribution >= 0.6 is 0 Å². The molecule has 3 nitrogen and oxygen atoms in total. The van der Waals surface area contributed by atoms with Crippen molar-refractivity contribution in [2.24, 2.45) is 0 Å². The maximum atomic E-state index is 9.04. The van der Waals surface area contributed by atoms with Gasteiger partial charge in [0, 0.05) is 0 Å². The van der Waals surface area contributed by atoms with E-state index in [2.05, 4.69) is 87.5 Å². The van der Waals surface area contributed by atoms with Crippen molar-refractivity contribution in [1.29, 1.82) is 0 Å². The number of aliphatic hydroxyl groups excluding tert-OH is 1. The lowest BCUT2D eigenvalue weighted by Gasteiger charge is -2.22. The van der Waals surface area contributed by atoms with Crippen molar-refractivity contribution >= 4 is 0 Å². The first-order chi connectivity index (χ1) is 14.6. The van der Waals surface area contributed by atoms with E-state index in [0.717, 1.165) is 6.42 Å². The molecule has 2 unspecified atom stereocenters. The van der Waals surface area contributed by atoms with Gasteiger partial charge in [0.05, 0.1) is 23.4 Å². The van der Waals surface area contributed by atoms with Crippen molar-refractivity contribution in [2.75, 3.05) is 0 Å². The summed E-state index contributed by atoms with van der Waals surface area (Å²) in [4.78, 5) is 0. The van der Waals surface area contributed by atoms with Crippen LogP contribution in [0.3, 0.4) is 0 Å². The summed E-state index contributed by atoms with van der Waals surface area (Å²) in [5, 5.41) is 18.0. The van der Waals surface area contributed by atoms with Crippen molar-refractivity contribution < 1.29 is 14.9 Å². The molecule has 0 spiro atoms. The summed E-state index contributed by atoms with van der Waals surface area (Å²) < 4.78 is 5.25. The van der Waals surface area contributed by atoms with Crippen LogP contribution in [0, 0.1) is 0 Å². The van der Waals surface area contributed by atoms with E-state index in [1.807, 2.05) is 6.92 Å². The van der Waals surface area contributed by atoms with Crippen molar-refractivity contribution in [2.45, 2.75) is 152 Å². The number of epoxide rings is 1. The minimum atomic E-state index is -0.936. The molecule has 0 amide bonds. The summed E-state index contributed by atoms with van der Waals surface area (Å²) in [5.74, 6) is 0. The summed E-state index contributed by atoms with van der Waals surface area (Å²) in [5.41, 5.74) is 3.64. The van der Waals surface area contributed by atoms with Crippen LogP contribution in [0.2, 0.25) is 0 Å². The minimum Gasteiger partial charge on any atom is -0.390 e. The van der Waals surface area contributed by atoms with E-state index in [4.69, 9.17) is 14.9 Å². The van der Waals surface area contributed by atoms with Crippen LogP contribution < -0.4 is 0 Å². The zero-order valence-electron chi connectivity index (χ0n) is 23.9. The molecule has 3 heteroatoms. The van der Waals surface area contributed by atoms with Gasteiger partial charge in [-0.2, -0.15) is 0 Å². The summed E-state index contributed by atoms with van der Waals surface area (Å²) >= 11 is 0. The molecule has 1 aliphatic rings. The third-order valence-electron chi connectivity index (χ3n) is 4.99. The highest BCUT2D eigenvalue weighted by Crippen LogP contribution is 2.36. The van der Waals surface area contributed by atoms with Gasteiger partial charge in [-0.05, 0) is 101 Å². The first kappa shape index (κ1) is 35.7. The molecule has 0 bridgehead atoms. The Balaban J connectivity index is -0.000000360. The predicted molar refractivity (Wildman–Crippen MR) is 144 cm³/mol. The zero-order valence-corrected chi connectivity index (χ0v) is 23.9. The highest BCUT2D eigenvalue weighted by Gasteiger charge is 2.45. The standard InChI is InChI=1S/C11H20.C6H14O2.C6H12O.C6H12/c1-5-7-11(4)9-6-8-10(2)3;1-4-5(7)6(2,3)8;1-4-5-6(2,3)7-5;1-4-5-6(2)3/h7-8H,5-6,9H2,1-4H3;5,7-8H,4H2,1-3H3;5H,4H2,1-3H3;5H,4H2,1-3H3/b11-7+;;;. The summed E-state index contributed by atoms with van der Waals surface area (Å²) in [7, 11) is 0. The van der Waals surface area contributed by atoms with Crippen molar-refractivity contribution in [3.05, 3.63) is 34.9 Å². The van der Waals surface area contributed by atoms with Gasteiger partial charge >= 0.3 is 0 Å². The molecule has 0 aromatic heterocycles. The van der Waals surface area contributed by atoms with Crippen molar-refractivity contribution in [3.63, 3.8) is 0 Å². The Morgan fingerprint density at radius 1 is 0.906 bits per heavy atom. The van der Waals surface area contributed by atoms with E-state index in [1.54, 1.807) is 13.8 Å². The average Bonchev–Trinajstić information content (AvgIpc) is 3.28. The molecule has 32 heavy (non-hydrogen) atoms. The van der Waals surface area contributed by atoms with Crippen molar-refractivity contribution in [3.8, 4) is 0 Å². The number of hydrogen-bond acceptors (Lipinski definition) is 3. The molecular formula is C29H58O3. The van der Waals surface area contributed by atoms with Crippen LogP contribution in [-0.4, -0.2) is 33.6 Å². The summed E-state index contributed by atoms with van der Waals surface area (Å²) in [6.07, 6.45) is 13.3. The van der Waals surface area contributed by atoms with Crippen LogP contribution in [0.5, 0.6) is 0 Å². The maximum Gasteiger partial charge on any atom is 0.0892 e. The minimum absolute atomic E-state index is 0.217. The molecular weight excluding hydrogens is 396 g/mol. The Morgan fingerprint density at radius 2 is 1.34 bits per heavy atom. The fourth-order valence-electron chi connectivity index (χ4n) is 2.85. The molecule has 2 atom stereocenters.